The van der Waals surface area contributed by atoms with Gasteiger partial charge in [0.25, 0.3) is 0 Å². The van der Waals surface area contributed by atoms with Crippen molar-refractivity contribution in [3.8, 4) is 0 Å². The molecule has 0 amide bonds. The maximum absolute atomic E-state index is 2.48. The van der Waals surface area contributed by atoms with E-state index in [9.17, 15) is 0 Å². The fourth-order valence-corrected chi connectivity index (χ4v) is 3.62. The van der Waals surface area contributed by atoms with Gasteiger partial charge in [-0.3, -0.25) is 0 Å². The molecule has 70 valence electrons. The molecule has 4 atom stereocenters. The van der Waals surface area contributed by atoms with Gasteiger partial charge in [-0.25, -0.2) is 0 Å². The van der Waals surface area contributed by atoms with Crippen molar-refractivity contribution in [2.75, 3.05) is 0 Å². The first-order valence-corrected chi connectivity index (χ1v) is 5.79. The van der Waals surface area contributed by atoms with E-state index in [-0.39, 0.29) is 0 Å². The molecule has 2 fully saturated rings. The molecule has 1 unspecified atom stereocenters. The highest BCUT2D eigenvalue weighted by Gasteiger charge is 2.35. The van der Waals surface area contributed by atoms with Crippen molar-refractivity contribution in [3.05, 3.63) is 0 Å². The zero-order chi connectivity index (χ0) is 8.55. The van der Waals surface area contributed by atoms with Crippen LogP contribution in [0.5, 0.6) is 0 Å². The zero-order valence-corrected chi connectivity index (χ0v) is 8.55. The fraction of sp³-hybridized carbons (Fsp3) is 1.00. The molecule has 12 heavy (non-hydrogen) atoms. The minimum Gasteiger partial charge on any atom is -0.0622 e. The van der Waals surface area contributed by atoms with Gasteiger partial charge in [0, 0.05) is 0 Å². The second kappa shape index (κ2) is 3.40. The molecule has 0 aromatic carbocycles. The van der Waals surface area contributed by atoms with E-state index >= 15 is 0 Å². The van der Waals surface area contributed by atoms with Gasteiger partial charge in [0.1, 0.15) is 0 Å². The standard InChI is InChI=1S/C12H22/c1-9-5-3-8-12-10(2)6-4-7-11(9)12/h9-12H,3-8H2,1-2H3/t9-,10-,11+,12?/m0/s1. The van der Waals surface area contributed by atoms with E-state index in [2.05, 4.69) is 13.8 Å². The summed E-state index contributed by atoms with van der Waals surface area (Å²) in [5.74, 6) is 4.27. The van der Waals surface area contributed by atoms with Gasteiger partial charge >= 0.3 is 0 Å². The summed E-state index contributed by atoms with van der Waals surface area (Å²) < 4.78 is 0. The number of hydrogen-bond acceptors (Lipinski definition) is 0. The molecule has 0 bridgehead atoms. The molecule has 2 saturated carbocycles. The Hall–Kier alpha value is 0. The Morgan fingerprint density at radius 2 is 1.08 bits per heavy atom. The second-order valence-electron chi connectivity index (χ2n) is 5.14. The quantitative estimate of drug-likeness (QED) is 0.512. The lowest BCUT2D eigenvalue weighted by Gasteiger charge is -2.43. The summed E-state index contributed by atoms with van der Waals surface area (Å²) in [4.78, 5) is 0. The topological polar surface area (TPSA) is 0 Å². The first kappa shape index (κ1) is 8.59. The zero-order valence-electron chi connectivity index (χ0n) is 8.55. The van der Waals surface area contributed by atoms with Crippen molar-refractivity contribution >= 4 is 0 Å². The van der Waals surface area contributed by atoms with Gasteiger partial charge in [0.15, 0.2) is 0 Å². The largest absolute Gasteiger partial charge is 0.0622 e. The molecule has 0 nitrogen and oxygen atoms in total. The molecule has 0 aromatic rings. The van der Waals surface area contributed by atoms with Crippen LogP contribution in [-0.2, 0) is 0 Å². The van der Waals surface area contributed by atoms with Gasteiger partial charge < -0.3 is 0 Å². The summed E-state index contributed by atoms with van der Waals surface area (Å²) in [7, 11) is 0. The summed E-state index contributed by atoms with van der Waals surface area (Å²) in [6, 6.07) is 0. The summed E-state index contributed by atoms with van der Waals surface area (Å²) in [5.41, 5.74) is 0. The van der Waals surface area contributed by atoms with E-state index in [1.807, 2.05) is 0 Å². The Balaban J connectivity index is 2.05. The van der Waals surface area contributed by atoms with Gasteiger partial charge in [-0.15, -0.1) is 0 Å². The van der Waals surface area contributed by atoms with Gasteiger partial charge in [-0.1, -0.05) is 39.5 Å². The normalized spacial score (nSPS) is 48.5. The van der Waals surface area contributed by atoms with Crippen LogP contribution in [0.1, 0.15) is 52.4 Å². The average Bonchev–Trinajstić information content (AvgIpc) is 2.07. The van der Waals surface area contributed by atoms with E-state index < -0.39 is 0 Å². The van der Waals surface area contributed by atoms with Gasteiger partial charge in [-0.2, -0.15) is 0 Å². The van der Waals surface area contributed by atoms with Crippen molar-refractivity contribution in [2.45, 2.75) is 52.4 Å². The molecule has 0 aromatic heterocycles. The molecule has 0 heterocycles. The summed E-state index contributed by atoms with van der Waals surface area (Å²) in [6.45, 7) is 4.96. The summed E-state index contributed by atoms with van der Waals surface area (Å²) in [6.07, 6.45) is 9.10. The Labute approximate surface area is 76.7 Å². The van der Waals surface area contributed by atoms with E-state index in [1.54, 1.807) is 0 Å². The van der Waals surface area contributed by atoms with E-state index in [0.717, 1.165) is 23.7 Å². The SMILES string of the molecule is C[C@H]1CCC[C@H]2C1CCC[C@@H]2C. The smallest absolute Gasteiger partial charge is 0.0358 e. The monoisotopic (exact) mass is 166 g/mol. The third kappa shape index (κ3) is 1.41. The van der Waals surface area contributed by atoms with Crippen molar-refractivity contribution in [1.82, 2.24) is 0 Å². The molecular weight excluding hydrogens is 144 g/mol. The van der Waals surface area contributed by atoms with Gasteiger partial charge in [0.2, 0.25) is 0 Å². The van der Waals surface area contributed by atoms with Crippen LogP contribution in [0, 0.1) is 23.7 Å². The highest BCUT2D eigenvalue weighted by atomic mass is 14.4. The Kier molecular flexibility index (Phi) is 2.43. The Morgan fingerprint density at radius 1 is 0.667 bits per heavy atom. The van der Waals surface area contributed by atoms with E-state index in [1.165, 1.54) is 38.5 Å². The third-order valence-corrected chi connectivity index (χ3v) is 4.41. The molecule has 0 spiro atoms. The van der Waals surface area contributed by atoms with Crippen molar-refractivity contribution in [3.63, 3.8) is 0 Å². The first-order valence-electron chi connectivity index (χ1n) is 5.79. The lowest BCUT2D eigenvalue weighted by molar-refractivity contribution is 0.0702. The molecule has 0 saturated heterocycles. The minimum atomic E-state index is 1.03. The summed E-state index contributed by atoms with van der Waals surface area (Å²) >= 11 is 0. The number of rotatable bonds is 0. The predicted molar refractivity (Wildman–Crippen MR) is 53.0 cm³/mol. The molecule has 0 aliphatic heterocycles. The van der Waals surface area contributed by atoms with Crippen LogP contribution in [0.15, 0.2) is 0 Å². The molecule has 2 aliphatic carbocycles. The molecule has 2 aliphatic rings. The third-order valence-electron chi connectivity index (χ3n) is 4.41. The first-order chi connectivity index (χ1) is 5.79. The minimum absolute atomic E-state index is 1.03. The van der Waals surface area contributed by atoms with Crippen LogP contribution in [0.2, 0.25) is 0 Å². The van der Waals surface area contributed by atoms with Crippen molar-refractivity contribution in [2.24, 2.45) is 23.7 Å². The summed E-state index contributed by atoms with van der Waals surface area (Å²) in [5, 5.41) is 0. The maximum atomic E-state index is 2.48. The second-order valence-corrected chi connectivity index (χ2v) is 5.14. The lowest BCUT2D eigenvalue weighted by Crippen LogP contribution is -2.34. The number of hydrogen-bond donors (Lipinski definition) is 0. The Bertz CT molecular complexity index is 132. The number of fused-ring (bicyclic) bond motifs is 1. The van der Waals surface area contributed by atoms with Crippen molar-refractivity contribution < 1.29 is 0 Å². The fourth-order valence-electron chi connectivity index (χ4n) is 3.62. The average molecular weight is 166 g/mol. The van der Waals surface area contributed by atoms with Gasteiger partial charge in [0.05, 0.1) is 0 Å². The van der Waals surface area contributed by atoms with E-state index in [0.29, 0.717) is 0 Å². The molecule has 0 radical (unpaired) electrons. The maximum Gasteiger partial charge on any atom is -0.0358 e. The van der Waals surface area contributed by atoms with Crippen molar-refractivity contribution in [1.29, 1.82) is 0 Å². The molecule has 0 N–H and O–H groups in total. The lowest BCUT2D eigenvalue weighted by atomic mass is 9.62. The molecule has 0 heteroatoms. The Morgan fingerprint density at radius 3 is 1.50 bits per heavy atom. The highest BCUT2D eigenvalue weighted by Crippen LogP contribution is 2.46. The van der Waals surface area contributed by atoms with Crippen LogP contribution in [0.25, 0.3) is 0 Å². The van der Waals surface area contributed by atoms with Crippen LogP contribution in [0.3, 0.4) is 0 Å². The molecular formula is C12H22. The van der Waals surface area contributed by atoms with Crippen LogP contribution < -0.4 is 0 Å². The van der Waals surface area contributed by atoms with Crippen LogP contribution >= 0.6 is 0 Å². The van der Waals surface area contributed by atoms with E-state index in [4.69, 9.17) is 0 Å². The molecule has 2 rings (SSSR count). The van der Waals surface area contributed by atoms with Gasteiger partial charge in [-0.05, 0) is 36.5 Å². The highest BCUT2D eigenvalue weighted by molar-refractivity contribution is 4.86. The van der Waals surface area contributed by atoms with Crippen LogP contribution in [-0.4, -0.2) is 0 Å². The van der Waals surface area contributed by atoms with Crippen LogP contribution in [0.4, 0.5) is 0 Å². The predicted octanol–water partition coefficient (Wildman–Crippen LogP) is 3.86.